The second kappa shape index (κ2) is 7.38. The second-order valence-corrected chi connectivity index (χ2v) is 7.55. The van der Waals surface area contributed by atoms with Crippen molar-refractivity contribution in [3.63, 3.8) is 0 Å². The number of nitrogens with zero attached hydrogens (tertiary/aromatic N) is 7. The van der Waals surface area contributed by atoms with E-state index in [4.69, 9.17) is 15.4 Å². The molecule has 0 atom stereocenters. The number of hydrogen-bond acceptors (Lipinski definition) is 9. The lowest BCUT2D eigenvalue weighted by Crippen LogP contribution is -2.36. The van der Waals surface area contributed by atoms with E-state index in [2.05, 4.69) is 36.8 Å². The highest BCUT2D eigenvalue weighted by Crippen LogP contribution is 2.48. The highest BCUT2D eigenvalue weighted by Gasteiger charge is 2.45. The van der Waals surface area contributed by atoms with Crippen LogP contribution in [0.2, 0.25) is 0 Å². The SMILES string of the molecule is C=C(C(=O)O)n1cc(-c2nc(C3(c4ccc(-c5cnc(N)nc5)nc4)CCC3)no2)cn1. The van der Waals surface area contributed by atoms with Gasteiger partial charge in [0.1, 0.15) is 5.70 Å². The number of carboxylic acid groups (broad SMARTS) is 1. The van der Waals surface area contributed by atoms with Crippen LogP contribution in [0.4, 0.5) is 5.95 Å². The number of rotatable bonds is 6. The Morgan fingerprint density at radius 2 is 1.91 bits per heavy atom. The van der Waals surface area contributed by atoms with E-state index in [1.807, 2.05) is 18.3 Å². The number of aliphatic carboxylic acids is 1. The van der Waals surface area contributed by atoms with Crippen molar-refractivity contribution in [1.82, 2.24) is 34.9 Å². The maximum absolute atomic E-state index is 11.1. The van der Waals surface area contributed by atoms with Gasteiger partial charge in [-0.1, -0.05) is 24.2 Å². The lowest BCUT2D eigenvalue weighted by Gasteiger charge is -2.39. The largest absolute Gasteiger partial charge is 0.477 e. The summed E-state index contributed by atoms with van der Waals surface area (Å²) in [5.74, 6) is -0.126. The van der Waals surface area contributed by atoms with Gasteiger partial charge in [0.05, 0.1) is 22.9 Å². The fourth-order valence-corrected chi connectivity index (χ4v) is 3.70. The Labute approximate surface area is 181 Å². The molecular weight excluding hydrogens is 412 g/mol. The number of nitrogens with two attached hydrogens (primary N) is 1. The van der Waals surface area contributed by atoms with E-state index in [0.29, 0.717) is 11.4 Å². The minimum atomic E-state index is -1.17. The third kappa shape index (κ3) is 3.20. The van der Waals surface area contributed by atoms with Crippen LogP contribution in [0.5, 0.6) is 0 Å². The highest BCUT2D eigenvalue weighted by atomic mass is 16.5. The first-order valence-corrected chi connectivity index (χ1v) is 9.82. The molecule has 3 N–H and O–H groups in total. The molecule has 1 aliphatic carbocycles. The van der Waals surface area contributed by atoms with E-state index in [1.54, 1.807) is 12.4 Å². The summed E-state index contributed by atoms with van der Waals surface area (Å²) in [5.41, 5.74) is 8.00. The zero-order valence-corrected chi connectivity index (χ0v) is 16.8. The van der Waals surface area contributed by atoms with E-state index < -0.39 is 5.97 Å². The molecule has 160 valence electrons. The van der Waals surface area contributed by atoms with Crippen molar-refractivity contribution in [1.29, 1.82) is 0 Å². The first-order valence-electron chi connectivity index (χ1n) is 9.82. The first-order chi connectivity index (χ1) is 15.5. The summed E-state index contributed by atoms with van der Waals surface area (Å²) < 4.78 is 6.63. The Hall–Kier alpha value is -4.41. The van der Waals surface area contributed by atoms with Gasteiger partial charge < -0.3 is 15.4 Å². The molecule has 1 aliphatic rings. The summed E-state index contributed by atoms with van der Waals surface area (Å²) in [6, 6.07) is 3.91. The summed E-state index contributed by atoms with van der Waals surface area (Å²) >= 11 is 0. The van der Waals surface area contributed by atoms with Crippen LogP contribution in [0.15, 0.2) is 54.2 Å². The molecule has 11 heteroatoms. The molecular formula is C21H18N8O3. The molecule has 4 aromatic heterocycles. The van der Waals surface area contributed by atoms with E-state index in [1.165, 1.54) is 12.4 Å². The van der Waals surface area contributed by atoms with Crippen molar-refractivity contribution in [2.75, 3.05) is 5.73 Å². The number of pyridine rings is 1. The van der Waals surface area contributed by atoms with Gasteiger partial charge >= 0.3 is 5.97 Å². The van der Waals surface area contributed by atoms with Crippen molar-refractivity contribution < 1.29 is 14.4 Å². The Morgan fingerprint density at radius 1 is 1.12 bits per heavy atom. The molecule has 4 heterocycles. The fourth-order valence-electron chi connectivity index (χ4n) is 3.70. The molecule has 0 bridgehead atoms. The molecule has 0 unspecified atom stereocenters. The molecule has 5 rings (SSSR count). The molecule has 0 aromatic carbocycles. The quantitative estimate of drug-likeness (QED) is 0.435. The summed E-state index contributed by atoms with van der Waals surface area (Å²) in [5, 5.41) is 17.3. The third-order valence-corrected chi connectivity index (χ3v) is 5.70. The minimum Gasteiger partial charge on any atom is -0.477 e. The van der Waals surface area contributed by atoms with Gasteiger partial charge in [0, 0.05) is 30.4 Å². The predicted octanol–water partition coefficient (Wildman–Crippen LogP) is 2.39. The normalized spacial score (nSPS) is 14.6. The molecule has 0 saturated heterocycles. The Balaban J connectivity index is 1.43. The lowest BCUT2D eigenvalue weighted by atomic mass is 9.64. The summed E-state index contributed by atoms with van der Waals surface area (Å²) in [6.45, 7) is 3.48. The molecule has 1 fully saturated rings. The lowest BCUT2D eigenvalue weighted by molar-refractivity contribution is -0.130. The van der Waals surface area contributed by atoms with Crippen LogP contribution in [0.25, 0.3) is 28.4 Å². The van der Waals surface area contributed by atoms with Crippen molar-refractivity contribution in [3.8, 4) is 22.7 Å². The number of carbonyl (C=O) groups is 1. The molecule has 11 nitrogen and oxygen atoms in total. The van der Waals surface area contributed by atoms with Gasteiger partial charge in [-0.25, -0.2) is 19.4 Å². The minimum absolute atomic E-state index is 0.177. The van der Waals surface area contributed by atoms with Gasteiger partial charge in [-0.05, 0) is 24.5 Å². The van der Waals surface area contributed by atoms with Crippen molar-refractivity contribution in [2.24, 2.45) is 0 Å². The van der Waals surface area contributed by atoms with E-state index in [-0.39, 0.29) is 23.0 Å². The van der Waals surface area contributed by atoms with Gasteiger partial charge in [0.25, 0.3) is 5.89 Å². The topological polar surface area (TPSA) is 159 Å². The molecule has 0 amide bonds. The molecule has 0 aliphatic heterocycles. The van der Waals surface area contributed by atoms with Gasteiger partial charge in [-0.2, -0.15) is 10.1 Å². The third-order valence-electron chi connectivity index (χ3n) is 5.70. The van der Waals surface area contributed by atoms with Gasteiger partial charge in [-0.3, -0.25) is 4.98 Å². The van der Waals surface area contributed by atoms with Crippen LogP contribution in [0.1, 0.15) is 30.7 Å². The molecule has 0 radical (unpaired) electrons. The first kappa shape index (κ1) is 19.5. The van der Waals surface area contributed by atoms with E-state index >= 15 is 0 Å². The summed E-state index contributed by atoms with van der Waals surface area (Å²) in [6.07, 6.45) is 10.8. The summed E-state index contributed by atoms with van der Waals surface area (Å²) in [7, 11) is 0. The van der Waals surface area contributed by atoms with Gasteiger partial charge in [0.15, 0.2) is 5.82 Å². The zero-order valence-electron chi connectivity index (χ0n) is 16.8. The molecule has 32 heavy (non-hydrogen) atoms. The number of anilines is 1. The number of nitrogen functional groups attached to an aromatic ring is 1. The maximum Gasteiger partial charge on any atom is 0.353 e. The molecule has 1 saturated carbocycles. The highest BCUT2D eigenvalue weighted by molar-refractivity contribution is 6.07. The number of aromatic nitrogens is 7. The predicted molar refractivity (Wildman–Crippen MR) is 113 cm³/mol. The van der Waals surface area contributed by atoms with Crippen LogP contribution in [0, 0.1) is 0 Å². The van der Waals surface area contributed by atoms with Crippen LogP contribution < -0.4 is 5.73 Å². The summed E-state index contributed by atoms with van der Waals surface area (Å²) in [4.78, 5) is 28.3. The van der Waals surface area contributed by atoms with Crippen LogP contribution in [-0.2, 0) is 10.2 Å². The fraction of sp³-hybridized carbons (Fsp3) is 0.190. The molecule has 4 aromatic rings. The Kier molecular flexibility index (Phi) is 4.51. The van der Waals surface area contributed by atoms with Crippen LogP contribution in [-0.4, -0.2) is 45.9 Å². The monoisotopic (exact) mass is 430 g/mol. The maximum atomic E-state index is 11.1. The Bertz CT molecular complexity index is 1300. The number of carboxylic acids is 1. The van der Waals surface area contributed by atoms with Crippen molar-refractivity contribution in [2.45, 2.75) is 24.7 Å². The van der Waals surface area contributed by atoms with Crippen LogP contribution >= 0.6 is 0 Å². The van der Waals surface area contributed by atoms with Crippen molar-refractivity contribution >= 4 is 17.6 Å². The average molecular weight is 430 g/mol. The zero-order chi connectivity index (χ0) is 22.3. The van der Waals surface area contributed by atoms with Crippen molar-refractivity contribution in [3.05, 3.63) is 61.1 Å². The average Bonchev–Trinajstić information content (AvgIpc) is 3.44. The standard InChI is InChI=1S/C21H18N8O3/c1-12(18(30)31)29-11-14(9-26-29)17-27-19(28-32-17)21(5-2-6-21)15-3-4-16(23-10-15)13-7-24-20(22)25-8-13/h3-4,7-11H,1-2,5-6H2,(H,30,31)(H2,22,24,25). The second-order valence-electron chi connectivity index (χ2n) is 7.55. The smallest absolute Gasteiger partial charge is 0.353 e. The van der Waals surface area contributed by atoms with Gasteiger partial charge in [0.2, 0.25) is 5.95 Å². The van der Waals surface area contributed by atoms with Crippen LogP contribution in [0.3, 0.4) is 0 Å². The van der Waals surface area contributed by atoms with E-state index in [0.717, 1.165) is 40.8 Å². The van der Waals surface area contributed by atoms with E-state index in [9.17, 15) is 4.79 Å². The molecule has 0 spiro atoms. The number of hydrogen-bond donors (Lipinski definition) is 2. The Morgan fingerprint density at radius 3 is 2.53 bits per heavy atom. The van der Waals surface area contributed by atoms with Gasteiger partial charge in [-0.15, -0.1) is 0 Å².